The molecule has 4 rings (SSSR count). The number of amides is 2. The molecular weight excluding hydrogens is 344 g/mol. The van der Waals surface area contributed by atoms with Gasteiger partial charge in [-0.15, -0.1) is 0 Å². The zero-order valence-corrected chi connectivity index (χ0v) is 14.9. The number of ether oxygens (including phenoxy) is 1. The number of aromatic nitrogens is 2. The van der Waals surface area contributed by atoms with Crippen LogP contribution < -0.4 is 15.4 Å². The van der Waals surface area contributed by atoms with Crippen molar-refractivity contribution < 1.29 is 14.3 Å². The minimum atomic E-state index is -0.528. The lowest BCUT2D eigenvalue weighted by Gasteiger charge is -2.25. The predicted octanol–water partition coefficient (Wildman–Crippen LogP) is 2.36. The molecule has 27 heavy (non-hydrogen) atoms. The van der Waals surface area contributed by atoms with Gasteiger partial charge in [0.15, 0.2) is 0 Å². The largest absolute Gasteiger partial charge is 0.497 e. The van der Waals surface area contributed by atoms with Crippen LogP contribution in [0.2, 0.25) is 0 Å². The van der Waals surface area contributed by atoms with Crippen molar-refractivity contribution in [3.63, 3.8) is 0 Å². The van der Waals surface area contributed by atoms with Crippen molar-refractivity contribution in [3.05, 3.63) is 53.9 Å². The lowest BCUT2D eigenvalue weighted by atomic mass is 9.89. The SMILES string of the molecule is COc1ccc2c(c1)[C@H](C(=O)NCCc1nc3ccccc3[nH]1)CC(=O)N2. The van der Waals surface area contributed by atoms with Gasteiger partial charge in [-0.2, -0.15) is 0 Å². The molecule has 0 unspecified atom stereocenters. The van der Waals surface area contributed by atoms with E-state index in [1.165, 1.54) is 0 Å². The number of hydrogen-bond acceptors (Lipinski definition) is 4. The second-order valence-corrected chi connectivity index (χ2v) is 6.50. The third kappa shape index (κ3) is 3.48. The number of methoxy groups -OCH3 is 1. The molecule has 0 spiro atoms. The number of carbonyl (C=O) groups is 2. The third-order valence-corrected chi connectivity index (χ3v) is 4.71. The maximum atomic E-state index is 12.7. The molecule has 138 valence electrons. The first-order chi connectivity index (χ1) is 13.1. The van der Waals surface area contributed by atoms with Crippen LogP contribution in [0.25, 0.3) is 11.0 Å². The highest BCUT2D eigenvalue weighted by Gasteiger charge is 2.30. The molecule has 1 atom stereocenters. The Morgan fingerprint density at radius 1 is 1.30 bits per heavy atom. The molecule has 3 N–H and O–H groups in total. The Morgan fingerprint density at radius 2 is 2.15 bits per heavy atom. The molecule has 1 aliphatic rings. The number of fused-ring (bicyclic) bond motifs is 2. The van der Waals surface area contributed by atoms with Crippen LogP contribution in [0.5, 0.6) is 5.75 Å². The van der Waals surface area contributed by atoms with Gasteiger partial charge in [-0.05, 0) is 35.9 Å². The average Bonchev–Trinajstić information content (AvgIpc) is 3.09. The minimum absolute atomic E-state index is 0.122. The zero-order valence-electron chi connectivity index (χ0n) is 14.9. The van der Waals surface area contributed by atoms with Gasteiger partial charge >= 0.3 is 0 Å². The lowest BCUT2D eigenvalue weighted by molar-refractivity contribution is -0.126. The molecule has 7 heteroatoms. The zero-order chi connectivity index (χ0) is 18.8. The van der Waals surface area contributed by atoms with Gasteiger partial charge in [0.2, 0.25) is 11.8 Å². The highest BCUT2D eigenvalue weighted by molar-refractivity contribution is 6.01. The van der Waals surface area contributed by atoms with Crippen molar-refractivity contribution in [3.8, 4) is 5.75 Å². The number of H-pyrrole nitrogens is 1. The van der Waals surface area contributed by atoms with E-state index in [4.69, 9.17) is 4.74 Å². The summed E-state index contributed by atoms with van der Waals surface area (Å²) in [5, 5.41) is 5.73. The number of aromatic amines is 1. The summed E-state index contributed by atoms with van der Waals surface area (Å²) in [6, 6.07) is 13.1. The fraction of sp³-hybridized carbons (Fsp3) is 0.250. The molecule has 0 saturated heterocycles. The number of para-hydroxylation sites is 2. The number of benzene rings is 2. The summed E-state index contributed by atoms with van der Waals surface area (Å²) in [5.41, 5.74) is 3.31. The maximum absolute atomic E-state index is 12.7. The third-order valence-electron chi connectivity index (χ3n) is 4.71. The quantitative estimate of drug-likeness (QED) is 0.647. The Balaban J connectivity index is 1.44. The molecule has 0 radical (unpaired) electrons. The number of hydrogen-bond donors (Lipinski definition) is 3. The smallest absolute Gasteiger partial charge is 0.228 e. The number of carbonyl (C=O) groups excluding carboxylic acids is 2. The molecule has 0 saturated carbocycles. The Hall–Kier alpha value is -3.35. The van der Waals surface area contributed by atoms with Gasteiger partial charge in [0.05, 0.1) is 24.1 Å². The van der Waals surface area contributed by atoms with Gasteiger partial charge in [-0.25, -0.2) is 4.98 Å². The summed E-state index contributed by atoms with van der Waals surface area (Å²) in [4.78, 5) is 32.4. The van der Waals surface area contributed by atoms with E-state index >= 15 is 0 Å². The number of imidazole rings is 1. The van der Waals surface area contributed by atoms with Crippen LogP contribution in [0.15, 0.2) is 42.5 Å². The van der Waals surface area contributed by atoms with Crippen molar-refractivity contribution in [2.75, 3.05) is 19.0 Å². The minimum Gasteiger partial charge on any atom is -0.497 e. The molecular formula is C20H20N4O3. The van der Waals surface area contributed by atoms with Gasteiger partial charge < -0.3 is 20.4 Å². The average molecular weight is 364 g/mol. The van der Waals surface area contributed by atoms with Crippen LogP contribution in [0.3, 0.4) is 0 Å². The second-order valence-electron chi connectivity index (χ2n) is 6.50. The van der Waals surface area contributed by atoms with Gasteiger partial charge in [0.1, 0.15) is 11.6 Å². The fourth-order valence-corrected chi connectivity index (χ4v) is 3.35. The molecule has 0 bridgehead atoms. The molecule has 1 aromatic heterocycles. The first-order valence-electron chi connectivity index (χ1n) is 8.83. The molecule has 3 aromatic rings. The van der Waals surface area contributed by atoms with E-state index in [0.29, 0.717) is 24.4 Å². The van der Waals surface area contributed by atoms with E-state index in [-0.39, 0.29) is 18.2 Å². The first kappa shape index (κ1) is 17.1. The Labute approximate surface area is 156 Å². The van der Waals surface area contributed by atoms with E-state index in [2.05, 4.69) is 20.6 Å². The van der Waals surface area contributed by atoms with Crippen LogP contribution >= 0.6 is 0 Å². The molecule has 2 heterocycles. The van der Waals surface area contributed by atoms with Crippen LogP contribution in [-0.4, -0.2) is 35.4 Å². The Kier molecular flexibility index (Phi) is 4.50. The molecule has 0 fully saturated rings. The number of nitrogens with zero attached hydrogens (tertiary/aromatic N) is 1. The van der Waals surface area contributed by atoms with E-state index in [1.807, 2.05) is 24.3 Å². The van der Waals surface area contributed by atoms with Gasteiger partial charge in [0, 0.05) is 25.1 Å². The summed E-state index contributed by atoms with van der Waals surface area (Å²) in [5.74, 6) is 0.616. The summed E-state index contributed by atoms with van der Waals surface area (Å²) < 4.78 is 5.25. The van der Waals surface area contributed by atoms with Gasteiger partial charge in [0.25, 0.3) is 0 Å². The number of rotatable bonds is 5. The fourth-order valence-electron chi connectivity index (χ4n) is 3.35. The van der Waals surface area contributed by atoms with Crippen LogP contribution in [0, 0.1) is 0 Å². The lowest BCUT2D eigenvalue weighted by Crippen LogP contribution is -2.36. The van der Waals surface area contributed by atoms with Crippen LogP contribution in [0.1, 0.15) is 23.7 Å². The van der Waals surface area contributed by atoms with Crippen molar-refractivity contribution in [2.24, 2.45) is 0 Å². The van der Waals surface area contributed by atoms with Crippen molar-refractivity contribution >= 4 is 28.5 Å². The second kappa shape index (κ2) is 7.11. The van der Waals surface area contributed by atoms with Gasteiger partial charge in [-0.1, -0.05) is 12.1 Å². The van der Waals surface area contributed by atoms with E-state index in [9.17, 15) is 9.59 Å². The molecule has 2 amide bonds. The van der Waals surface area contributed by atoms with Crippen LogP contribution in [0.4, 0.5) is 5.69 Å². The highest BCUT2D eigenvalue weighted by atomic mass is 16.5. The topological polar surface area (TPSA) is 96.1 Å². The van der Waals surface area contributed by atoms with E-state index in [0.717, 1.165) is 22.4 Å². The van der Waals surface area contributed by atoms with Crippen molar-refractivity contribution in [1.82, 2.24) is 15.3 Å². The number of anilines is 1. The summed E-state index contributed by atoms with van der Waals surface area (Å²) >= 11 is 0. The van der Waals surface area contributed by atoms with Crippen molar-refractivity contribution in [1.29, 1.82) is 0 Å². The van der Waals surface area contributed by atoms with Gasteiger partial charge in [-0.3, -0.25) is 9.59 Å². The summed E-state index contributed by atoms with van der Waals surface area (Å²) in [6.45, 7) is 0.441. The first-order valence-corrected chi connectivity index (χ1v) is 8.83. The highest BCUT2D eigenvalue weighted by Crippen LogP contribution is 2.34. The van der Waals surface area contributed by atoms with E-state index < -0.39 is 5.92 Å². The molecule has 0 aliphatic carbocycles. The summed E-state index contributed by atoms with van der Waals surface area (Å²) in [6.07, 6.45) is 0.709. The number of nitrogens with one attached hydrogen (secondary N) is 3. The standard InChI is InChI=1S/C20H20N4O3/c1-27-12-6-7-15-13(10-12)14(11-19(25)24-15)20(26)21-9-8-18-22-16-4-2-3-5-17(16)23-18/h2-7,10,14H,8-9,11H2,1H3,(H,21,26)(H,22,23)(H,24,25)/t14-/m1/s1. The Bertz CT molecular complexity index is 978. The molecule has 2 aromatic carbocycles. The van der Waals surface area contributed by atoms with Crippen LogP contribution in [-0.2, 0) is 16.0 Å². The van der Waals surface area contributed by atoms with Crippen molar-refractivity contribution in [2.45, 2.75) is 18.8 Å². The summed E-state index contributed by atoms with van der Waals surface area (Å²) in [7, 11) is 1.57. The molecule has 7 nitrogen and oxygen atoms in total. The molecule has 1 aliphatic heterocycles. The Morgan fingerprint density at radius 3 is 2.96 bits per heavy atom. The monoisotopic (exact) mass is 364 g/mol. The van der Waals surface area contributed by atoms with E-state index in [1.54, 1.807) is 25.3 Å². The maximum Gasteiger partial charge on any atom is 0.228 e. The normalized spacial score (nSPS) is 15.9. The predicted molar refractivity (Wildman–Crippen MR) is 102 cm³/mol.